The van der Waals surface area contributed by atoms with E-state index in [1.165, 1.54) is 32.4 Å². The van der Waals surface area contributed by atoms with Gasteiger partial charge in [0.15, 0.2) is 29.9 Å². The van der Waals surface area contributed by atoms with Crippen molar-refractivity contribution in [2.24, 2.45) is 11.7 Å². The Kier molecular flexibility index (Phi) is 38.8. The molecule has 7 aliphatic rings. The number of ether oxygens (including phenoxy) is 8. The minimum absolute atomic E-state index is 0.148. The van der Waals surface area contributed by atoms with Crippen LogP contribution < -0.4 is 78.4 Å². The minimum atomic E-state index is -5.97. The molecule has 11 bridgehead atoms. The van der Waals surface area contributed by atoms with Crippen LogP contribution in [0.4, 0.5) is 4.79 Å². The Morgan fingerprint density at radius 2 is 1.27 bits per heavy atom. The number of hydrogen-bond acceptors (Lipinski definition) is 34. The number of aliphatic hydroxyl groups excluding tert-OH is 6. The molecule has 0 spiro atoms. The number of carbonyl (C=O) groups excluding carboxylic acids is 9. The lowest BCUT2D eigenvalue weighted by molar-refractivity contribution is -0.334. The van der Waals surface area contributed by atoms with Crippen LogP contribution in [0.3, 0.4) is 0 Å². The van der Waals surface area contributed by atoms with Crippen molar-refractivity contribution < 1.29 is 175 Å². The normalized spacial score (nSPS) is 25.1. The van der Waals surface area contributed by atoms with Crippen LogP contribution in [0.15, 0.2) is 72.8 Å². The number of amides is 8. The van der Waals surface area contributed by atoms with Crippen molar-refractivity contribution in [3.05, 3.63) is 116 Å². The molecule has 0 aliphatic carbocycles. The molecule has 7 heterocycles. The summed E-state index contributed by atoms with van der Waals surface area (Å²) in [5.41, 5.74) is -0.342. The van der Waals surface area contributed by atoms with Gasteiger partial charge in [0.05, 0.1) is 53.2 Å². The topological polar surface area (TPSA) is 761 Å². The van der Waals surface area contributed by atoms with Crippen molar-refractivity contribution in [2.75, 3.05) is 52.9 Å². The molecule has 0 aromatic heterocycles. The van der Waals surface area contributed by atoms with Gasteiger partial charge < -0.3 is 183 Å². The Morgan fingerprint density at radius 1 is 0.662 bits per heavy atom. The highest BCUT2D eigenvalue weighted by atomic mass is 35.5. The molecule has 53 heteroatoms. The van der Waals surface area contributed by atoms with Crippen molar-refractivity contribution in [3.63, 3.8) is 0 Å². The number of aliphatic hydroxyl groups is 7. The number of likely N-dealkylation sites (N-methyl/N-ethyl adjacent to an activating group) is 1. The number of halogens is 2. The second-order valence-corrected chi connectivity index (χ2v) is 41.3. The van der Waals surface area contributed by atoms with Gasteiger partial charge in [-0.15, -0.1) is 0 Å². The number of nitrogens with two attached hydrogens (primary N) is 1. The first-order chi connectivity index (χ1) is 65.4. The van der Waals surface area contributed by atoms with Crippen molar-refractivity contribution in [2.45, 2.75) is 239 Å². The standard InChI is InChI=1S/C86H119Cl2N12O36P3/c1-7-8-9-10-11-12-13-14-23-91-25-26-94-85(5)35-61(131-41(4)75(85)110)135-74-72(109)71(108)59(37-101)134-83(74)136-73-57-31-45-32-58(73)133-56-21-18-44(30-50(56)88)69(106)67-81(116)98-65(82(117)129-39-130-84(118)93-24-15-22-86(119,138(123,124)125)139(126,127)128)47-33-54(103)48(36-92-38-137(120,121)122)70(107)62(47)46-28-42(16-19-53(46)102)63(78(113)100-67)97-79(114)64(45)96-77(112)52(34-60(89)104)95-80(115)66(99-76(111)51(90-6)27-40(2)3)68(105)43-17-20-55(132-57)49(87)29-43/h16-21,28-33,40-41,51-52,59,61,63-69,71-72,74-75,83,90-92,94,101-103,105-110,119H,7-15,22-27,34-39H2,1-6H3,(H2,89,104)(H,93,118)(H,95,115)(H,96,112)(H,97,114)(H,98,116)(H,99,111)(H,100,113)(H2,120,121,122)(H2,123,124,125)(H2,126,127,128). The summed E-state index contributed by atoms with van der Waals surface area (Å²) in [6, 6.07) is -3.89. The van der Waals surface area contributed by atoms with E-state index < -0.39 is 338 Å². The quantitative estimate of drug-likeness (QED) is 0.0115. The number of nitrogens with one attached hydrogen (secondary N) is 11. The third-order valence-electron chi connectivity index (χ3n) is 23.9. The first-order valence-corrected chi connectivity index (χ1v) is 50.3. The highest BCUT2D eigenvalue weighted by Crippen LogP contribution is 2.69. The van der Waals surface area contributed by atoms with Gasteiger partial charge in [-0.3, -0.25) is 47.3 Å². The first-order valence-electron chi connectivity index (χ1n) is 44.5. The fourth-order valence-corrected chi connectivity index (χ4v) is 19.5. The molecule has 48 nitrogen and oxygen atoms in total. The van der Waals surface area contributed by atoms with Crippen LogP contribution in [-0.4, -0.2) is 271 Å². The lowest BCUT2D eigenvalue weighted by Crippen LogP contribution is -2.65. The maximum atomic E-state index is 16.5. The number of hydrogen-bond donors (Lipinski definition) is 28. The van der Waals surface area contributed by atoms with Gasteiger partial charge in [0.25, 0.3) is 5.08 Å². The predicted octanol–water partition coefficient (Wildman–Crippen LogP) is 1.62. The van der Waals surface area contributed by atoms with E-state index in [4.69, 9.17) is 66.8 Å². The predicted molar refractivity (Wildman–Crippen MR) is 488 cm³/mol. The zero-order chi connectivity index (χ0) is 102. The van der Waals surface area contributed by atoms with Crippen molar-refractivity contribution >= 4 is 99.4 Å². The fraction of sp³-hybridized carbons (Fsp3) is 0.547. The summed E-state index contributed by atoms with van der Waals surface area (Å²) in [5.74, 6) is -18.2. The molecule has 18 atom stereocenters. The van der Waals surface area contributed by atoms with Gasteiger partial charge in [0.2, 0.25) is 60.2 Å². The summed E-state index contributed by atoms with van der Waals surface area (Å²) in [5, 5.41) is 143. The molecule has 5 aromatic carbocycles. The maximum absolute atomic E-state index is 16.5. The zero-order valence-electron chi connectivity index (χ0n) is 76.2. The number of alkyl carbamates (subject to hydrolysis) is 1. The Morgan fingerprint density at radius 3 is 1.86 bits per heavy atom. The number of rotatable bonds is 38. The van der Waals surface area contributed by atoms with Crippen molar-refractivity contribution in [1.29, 1.82) is 0 Å². The van der Waals surface area contributed by atoms with Crippen LogP contribution >= 0.6 is 46.0 Å². The van der Waals surface area contributed by atoms with Gasteiger partial charge >= 0.3 is 34.8 Å². The molecule has 5 aromatic rings. The highest BCUT2D eigenvalue weighted by molar-refractivity contribution is 7.72. The van der Waals surface area contributed by atoms with Gasteiger partial charge in [0, 0.05) is 61.2 Å². The molecular formula is C86H119Cl2N12O36P3. The smallest absolute Gasteiger partial charge is 0.410 e. The van der Waals surface area contributed by atoms with E-state index in [2.05, 4.69) is 60.1 Å². The Hall–Kier alpha value is -9.60. The molecular weight excluding hydrogens is 1940 g/mol. The molecule has 2 saturated heterocycles. The number of phenols is 3. The number of phenolic OH excluding ortho intramolecular Hbond substituents is 3. The monoisotopic (exact) mass is 2060 g/mol. The van der Waals surface area contributed by atoms with Gasteiger partial charge in [0.1, 0.15) is 89.5 Å². The lowest BCUT2D eigenvalue weighted by Gasteiger charge is -2.48. The van der Waals surface area contributed by atoms with E-state index in [1.807, 2.05) is 5.32 Å². The number of benzene rings is 5. The molecule has 139 heavy (non-hydrogen) atoms. The van der Waals surface area contributed by atoms with Crippen molar-refractivity contribution in [1.82, 2.24) is 58.5 Å². The van der Waals surface area contributed by atoms with Crippen LogP contribution in [0, 0.1) is 5.92 Å². The third kappa shape index (κ3) is 28.1. The zero-order valence-corrected chi connectivity index (χ0v) is 80.4. The van der Waals surface area contributed by atoms with Gasteiger partial charge in [-0.05, 0) is 129 Å². The molecule has 2 fully saturated rings. The molecule has 768 valence electrons. The number of esters is 1. The van der Waals surface area contributed by atoms with E-state index in [0.29, 0.717) is 19.2 Å². The van der Waals surface area contributed by atoms with Crippen LogP contribution in [-0.2, 0) is 82.3 Å². The molecule has 0 saturated carbocycles. The average Bonchev–Trinajstić information content (AvgIpc) is 0.751. The van der Waals surface area contributed by atoms with E-state index in [0.717, 1.165) is 99.3 Å². The second kappa shape index (κ2) is 48.4. The van der Waals surface area contributed by atoms with Crippen LogP contribution in [0.5, 0.6) is 46.0 Å². The number of carbonyl (C=O) groups is 9. The molecule has 18 unspecified atom stereocenters. The third-order valence-corrected chi connectivity index (χ3v) is 29.0. The van der Waals surface area contributed by atoms with E-state index in [-0.39, 0.29) is 24.3 Å². The fourth-order valence-electron chi connectivity index (χ4n) is 16.4. The number of fused-ring (bicyclic) bond motifs is 15. The van der Waals surface area contributed by atoms with E-state index in [9.17, 15) is 113 Å². The summed E-state index contributed by atoms with van der Waals surface area (Å²) < 4.78 is 85.9. The summed E-state index contributed by atoms with van der Waals surface area (Å²) in [6.07, 6.45) is -15.3. The van der Waals surface area contributed by atoms with Crippen LogP contribution in [0.25, 0.3) is 11.1 Å². The Labute approximate surface area is 806 Å². The van der Waals surface area contributed by atoms with Gasteiger partial charge in [-0.25, -0.2) is 9.59 Å². The summed E-state index contributed by atoms with van der Waals surface area (Å²) in [7, 11) is -15.5. The molecule has 0 radical (unpaired) electrons. The summed E-state index contributed by atoms with van der Waals surface area (Å²) in [4.78, 5) is 193. The largest absolute Gasteiger partial charge is 0.507 e. The van der Waals surface area contributed by atoms with Crippen LogP contribution in [0.1, 0.15) is 182 Å². The lowest BCUT2D eigenvalue weighted by atomic mass is 9.85. The molecule has 8 amide bonds. The van der Waals surface area contributed by atoms with E-state index >= 15 is 24.0 Å². The Balaban J connectivity index is 1.15. The van der Waals surface area contributed by atoms with E-state index in [1.54, 1.807) is 27.7 Å². The summed E-state index contributed by atoms with van der Waals surface area (Å²) in [6.45, 7) is 6.32. The first kappa shape index (κ1) is 111. The SMILES string of the molecule is CCCCCCCCCCNCCNC1(C)CC(OC2C(Oc3c4cc5cc3Oc3ccc(cc3Cl)C(O)C3NC(=O)C(NC(=O)C5NC(=O)C(CC(N)=O)NC(=O)C(NC(=O)C(CC(C)C)NC)C(O)c5ccc(c(Cl)c5)O4)c4ccc(O)c(c4)-c4c(cc(O)c(CNCP(=O)(O)O)c4O)C(C(=O)OCOC(=O)NCCCC(O)(P(=O)(O)O)P(=O)(O)O)NC3=O)OC(CO)C(O)C2O)OC(C)C1O. The van der Waals surface area contributed by atoms with Gasteiger partial charge in [-0.1, -0.05) is 107 Å². The summed E-state index contributed by atoms with van der Waals surface area (Å²) >= 11 is 14.4. The van der Waals surface area contributed by atoms with Gasteiger partial charge in [-0.2, -0.15) is 0 Å². The molecule has 12 rings (SSSR count). The highest BCUT2D eigenvalue weighted by Gasteiger charge is 2.59. The number of aromatic hydroxyl groups is 3. The minimum Gasteiger partial charge on any atom is -0.507 e. The molecule has 7 aliphatic heterocycles. The number of primary amides is 1. The van der Waals surface area contributed by atoms with Crippen molar-refractivity contribution in [3.8, 4) is 57.1 Å². The average molecular weight is 2060 g/mol. The molecule has 29 N–H and O–H groups in total. The second-order valence-electron chi connectivity index (χ2n) is 34.9. The Bertz CT molecular complexity index is 5390. The van der Waals surface area contributed by atoms with Crippen LogP contribution in [0.2, 0.25) is 10.0 Å². The maximum Gasteiger partial charge on any atom is 0.410 e. The number of unbranched alkanes of at least 4 members (excludes halogenated alkanes) is 7.